The molecule has 2 amide bonds. The molecule has 1 aliphatic rings. The summed E-state index contributed by atoms with van der Waals surface area (Å²) in [7, 11) is 0. The van der Waals surface area contributed by atoms with Crippen LogP contribution >= 0.6 is 35.0 Å². The number of carbonyl (C=O) groups excluding carboxylic acids is 2. The summed E-state index contributed by atoms with van der Waals surface area (Å²) >= 11 is 13.3. The van der Waals surface area contributed by atoms with E-state index in [-0.39, 0.29) is 15.5 Å². The SMILES string of the molecule is O=C1NC(=O)/C(=C\c2ccc(-c3ccc(C(=O)O)cc3Cl)c(Cl)c2)S1. The van der Waals surface area contributed by atoms with Crippen molar-refractivity contribution < 1.29 is 19.5 Å². The van der Waals surface area contributed by atoms with E-state index in [2.05, 4.69) is 5.32 Å². The minimum atomic E-state index is -1.07. The number of carboxylic acids is 1. The number of carbonyl (C=O) groups is 3. The third-order valence-corrected chi connectivity index (χ3v) is 4.88. The summed E-state index contributed by atoms with van der Waals surface area (Å²) in [6.45, 7) is 0. The molecule has 0 atom stereocenters. The molecule has 0 bridgehead atoms. The molecule has 1 heterocycles. The van der Waals surface area contributed by atoms with E-state index in [1.807, 2.05) is 0 Å². The number of amides is 2. The smallest absolute Gasteiger partial charge is 0.335 e. The van der Waals surface area contributed by atoms with Crippen molar-refractivity contribution in [2.45, 2.75) is 0 Å². The topological polar surface area (TPSA) is 83.5 Å². The zero-order valence-corrected chi connectivity index (χ0v) is 14.7. The van der Waals surface area contributed by atoms with Crippen LogP contribution in [0.25, 0.3) is 17.2 Å². The summed E-state index contributed by atoms with van der Waals surface area (Å²) in [4.78, 5) is 34.0. The average molecular weight is 394 g/mol. The van der Waals surface area contributed by atoms with Crippen LogP contribution in [-0.4, -0.2) is 22.2 Å². The quantitative estimate of drug-likeness (QED) is 0.739. The normalized spacial score (nSPS) is 15.5. The minimum absolute atomic E-state index is 0.0835. The molecule has 0 aromatic heterocycles. The first-order valence-electron chi connectivity index (χ1n) is 6.93. The number of hydrogen-bond acceptors (Lipinski definition) is 4. The molecule has 1 aliphatic heterocycles. The van der Waals surface area contributed by atoms with Crippen molar-refractivity contribution in [1.82, 2.24) is 5.32 Å². The van der Waals surface area contributed by atoms with Crippen LogP contribution in [0.3, 0.4) is 0 Å². The molecule has 5 nitrogen and oxygen atoms in total. The molecule has 1 fully saturated rings. The van der Waals surface area contributed by atoms with E-state index >= 15 is 0 Å². The van der Waals surface area contributed by atoms with Gasteiger partial charge in [0.25, 0.3) is 11.1 Å². The number of imide groups is 1. The second kappa shape index (κ2) is 6.92. The molecule has 126 valence electrons. The second-order valence-electron chi connectivity index (χ2n) is 5.09. The Morgan fingerprint density at radius 3 is 2.20 bits per heavy atom. The monoisotopic (exact) mass is 393 g/mol. The molecule has 2 aromatic carbocycles. The number of aromatic carboxylic acids is 1. The van der Waals surface area contributed by atoms with Crippen LogP contribution in [0.1, 0.15) is 15.9 Å². The standard InChI is InChI=1S/C17H9Cl2NO4S/c18-12-5-8(6-14-15(21)20-17(24)25-14)1-3-10(12)11-4-2-9(16(22)23)7-13(11)19/h1-7H,(H,22,23)(H,20,21,24)/b14-6+. The van der Waals surface area contributed by atoms with E-state index in [0.29, 0.717) is 21.7 Å². The fourth-order valence-corrected chi connectivity index (χ4v) is 3.53. The maximum Gasteiger partial charge on any atom is 0.335 e. The molecule has 2 N–H and O–H groups in total. The number of halogens is 2. The Hall–Kier alpha value is -2.28. The lowest BCUT2D eigenvalue weighted by Gasteiger charge is -2.09. The van der Waals surface area contributed by atoms with Gasteiger partial charge in [-0.1, -0.05) is 41.4 Å². The lowest BCUT2D eigenvalue weighted by Crippen LogP contribution is -2.17. The number of rotatable bonds is 3. The fourth-order valence-electron chi connectivity index (χ4n) is 2.28. The molecule has 1 saturated heterocycles. The molecule has 3 rings (SSSR count). The average Bonchev–Trinajstić information content (AvgIpc) is 2.85. The van der Waals surface area contributed by atoms with Crippen LogP contribution in [0.15, 0.2) is 41.3 Å². The Bertz CT molecular complexity index is 956. The van der Waals surface area contributed by atoms with Crippen molar-refractivity contribution in [3.63, 3.8) is 0 Å². The highest BCUT2D eigenvalue weighted by atomic mass is 35.5. The lowest BCUT2D eigenvalue weighted by molar-refractivity contribution is -0.115. The van der Waals surface area contributed by atoms with Gasteiger partial charge < -0.3 is 5.11 Å². The second-order valence-corrected chi connectivity index (χ2v) is 6.92. The molecule has 0 aliphatic carbocycles. The molecule has 0 saturated carbocycles. The Morgan fingerprint density at radius 2 is 1.68 bits per heavy atom. The van der Waals surface area contributed by atoms with Crippen molar-refractivity contribution in [2.75, 3.05) is 0 Å². The number of thioether (sulfide) groups is 1. The van der Waals surface area contributed by atoms with Gasteiger partial charge in [-0.25, -0.2) is 4.79 Å². The molecule has 0 radical (unpaired) electrons. The summed E-state index contributed by atoms with van der Waals surface area (Å²) < 4.78 is 0. The van der Waals surface area contributed by atoms with Gasteiger partial charge in [-0.05, 0) is 41.6 Å². The van der Waals surface area contributed by atoms with Crippen molar-refractivity contribution in [1.29, 1.82) is 0 Å². The fraction of sp³-hybridized carbons (Fsp3) is 0. The van der Waals surface area contributed by atoms with Gasteiger partial charge in [-0.3, -0.25) is 14.9 Å². The number of nitrogens with one attached hydrogen (secondary N) is 1. The first-order chi connectivity index (χ1) is 11.8. The Balaban J connectivity index is 1.96. The van der Waals surface area contributed by atoms with E-state index in [9.17, 15) is 14.4 Å². The van der Waals surface area contributed by atoms with E-state index in [0.717, 1.165) is 11.8 Å². The van der Waals surface area contributed by atoms with Crippen LogP contribution in [0.4, 0.5) is 4.79 Å². The maximum absolute atomic E-state index is 11.6. The van der Waals surface area contributed by atoms with Gasteiger partial charge in [0.05, 0.1) is 10.5 Å². The summed E-state index contributed by atoms with van der Waals surface area (Å²) in [6.07, 6.45) is 1.57. The third kappa shape index (κ3) is 3.71. The Labute approximate surface area is 156 Å². The van der Waals surface area contributed by atoms with Crippen molar-refractivity contribution in [3.8, 4) is 11.1 Å². The van der Waals surface area contributed by atoms with Crippen molar-refractivity contribution in [2.24, 2.45) is 0 Å². The largest absolute Gasteiger partial charge is 0.478 e. The highest BCUT2D eigenvalue weighted by Crippen LogP contribution is 2.35. The molecule has 2 aromatic rings. The molecule has 8 heteroatoms. The first kappa shape index (κ1) is 17.5. The van der Waals surface area contributed by atoms with E-state index in [4.69, 9.17) is 28.3 Å². The third-order valence-electron chi connectivity index (χ3n) is 3.44. The summed E-state index contributed by atoms with van der Waals surface area (Å²) in [5.41, 5.74) is 1.96. The van der Waals surface area contributed by atoms with Gasteiger partial charge in [-0.15, -0.1) is 0 Å². The van der Waals surface area contributed by atoms with Gasteiger partial charge in [0, 0.05) is 21.2 Å². The molecular formula is C17H9Cl2NO4S. The van der Waals surface area contributed by atoms with Crippen LogP contribution < -0.4 is 5.32 Å². The van der Waals surface area contributed by atoms with Gasteiger partial charge in [0.15, 0.2) is 0 Å². The van der Waals surface area contributed by atoms with Crippen LogP contribution in [0.5, 0.6) is 0 Å². The van der Waals surface area contributed by atoms with E-state index in [1.165, 1.54) is 12.1 Å². The van der Waals surface area contributed by atoms with E-state index in [1.54, 1.807) is 30.3 Å². The number of benzene rings is 2. The van der Waals surface area contributed by atoms with Crippen molar-refractivity contribution >= 4 is 58.2 Å². The number of carboxylic acid groups (broad SMARTS) is 1. The van der Waals surface area contributed by atoms with Gasteiger partial charge in [-0.2, -0.15) is 0 Å². The predicted molar refractivity (Wildman–Crippen MR) is 98.0 cm³/mol. The molecule has 0 unspecified atom stereocenters. The summed E-state index contributed by atoms with van der Waals surface area (Å²) in [5.74, 6) is -1.51. The van der Waals surface area contributed by atoms with Crippen LogP contribution in [-0.2, 0) is 4.79 Å². The van der Waals surface area contributed by atoms with Crippen LogP contribution in [0.2, 0.25) is 10.0 Å². The van der Waals surface area contributed by atoms with Gasteiger partial charge >= 0.3 is 5.97 Å². The first-order valence-corrected chi connectivity index (χ1v) is 8.50. The lowest BCUT2D eigenvalue weighted by atomic mass is 10.0. The summed E-state index contributed by atoms with van der Waals surface area (Å²) in [5, 5.41) is 11.4. The predicted octanol–water partition coefficient (Wildman–Crippen LogP) is 4.68. The van der Waals surface area contributed by atoms with Crippen LogP contribution in [0, 0.1) is 0 Å². The van der Waals surface area contributed by atoms with Gasteiger partial charge in [0.2, 0.25) is 0 Å². The maximum atomic E-state index is 11.6. The molecule has 25 heavy (non-hydrogen) atoms. The molecular weight excluding hydrogens is 385 g/mol. The van der Waals surface area contributed by atoms with Gasteiger partial charge in [0.1, 0.15) is 0 Å². The van der Waals surface area contributed by atoms with E-state index < -0.39 is 17.1 Å². The minimum Gasteiger partial charge on any atom is -0.478 e. The Morgan fingerprint density at radius 1 is 1.04 bits per heavy atom. The zero-order valence-electron chi connectivity index (χ0n) is 12.4. The Kier molecular flexibility index (Phi) is 4.85. The molecule has 0 spiro atoms. The summed E-state index contributed by atoms with van der Waals surface area (Å²) in [6, 6.07) is 9.48. The zero-order chi connectivity index (χ0) is 18.1. The number of hydrogen-bond donors (Lipinski definition) is 2. The highest BCUT2D eigenvalue weighted by molar-refractivity contribution is 8.18. The highest BCUT2D eigenvalue weighted by Gasteiger charge is 2.25. The van der Waals surface area contributed by atoms with Crippen molar-refractivity contribution in [3.05, 3.63) is 62.5 Å².